The zero-order valence-corrected chi connectivity index (χ0v) is 14.7. The van der Waals surface area contributed by atoms with Crippen LogP contribution in [0.1, 0.15) is 17.0 Å². The van der Waals surface area contributed by atoms with E-state index in [-0.39, 0.29) is 12.3 Å². The Kier molecular flexibility index (Phi) is 5.25. The molecular formula is C18H19N3O3S. The Morgan fingerprint density at radius 1 is 1.00 bits per heavy atom. The van der Waals surface area contributed by atoms with Crippen LogP contribution in [0.3, 0.4) is 0 Å². The molecular weight excluding hydrogens is 338 g/mol. The minimum atomic E-state index is -3.39. The van der Waals surface area contributed by atoms with Gasteiger partial charge in [-0.3, -0.25) is 0 Å². The molecule has 25 heavy (non-hydrogen) atoms. The average molecular weight is 357 g/mol. The van der Waals surface area contributed by atoms with Crippen LogP contribution < -0.4 is 4.72 Å². The number of sulfonamides is 1. The molecule has 1 heterocycles. The number of hydrogen-bond acceptors (Lipinski definition) is 5. The number of aromatic nitrogens is 2. The second-order valence-electron chi connectivity index (χ2n) is 5.76. The summed E-state index contributed by atoms with van der Waals surface area (Å²) in [5.41, 5.74) is 2.74. The van der Waals surface area contributed by atoms with Gasteiger partial charge in [0, 0.05) is 18.5 Å². The number of aryl methyl sites for hydroxylation is 1. The van der Waals surface area contributed by atoms with E-state index >= 15 is 0 Å². The normalized spacial score (nSPS) is 11.6. The summed E-state index contributed by atoms with van der Waals surface area (Å²) in [5.74, 6) is 0.784. The molecule has 0 atom stereocenters. The monoisotopic (exact) mass is 357 g/mol. The molecule has 1 N–H and O–H groups in total. The molecule has 0 saturated carbocycles. The molecule has 0 spiro atoms. The van der Waals surface area contributed by atoms with Crippen molar-refractivity contribution < 1.29 is 12.8 Å². The molecule has 0 aliphatic rings. The third kappa shape index (κ3) is 4.98. The van der Waals surface area contributed by atoms with Gasteiger partial charge in [-0.05, 0) is 24.6 Å². The van der Waals surface area contributed by atoms with E-state index in [2.05, 4.69) is 14.9 Å². The van der Waals surface area contributed by atoms with E-state index in [1.807, 2.05) is 49.4 Å². The van der Waals surface area contributed by atoms with Crippen molar-refractivity contribution in [2.24, 2.45) is 0 Å². The lowest BCUT2D eigenvalue weighted by molar-refractivity contribution is 0.502. The summed E-state index contributed by atoms with van der Waals surface area (Å²) in [4.78, 5) is 0. The molecule has 0 bridgehead atoms. The summed E-state index contributed by atoms with van der Waals surface area (Å²) in [5, 5.41) is 7.97. The number of rotatable bonds is 7. The summed E-state index contributed by atoms with van der Waals surface area (Å²) in [6.07, 6.45) is 0.340. The van der Waals surface area contributed by atoms with Crippen LogP contribution in [0.15, 0.2) is 59.0 Å². The van der Waals surface area contributed by atoms with Crippen LogP contribution in [-0.4, -0.2) is 25.2 Å². The SMILES string of the molecule is Cc1ccc(-c2nnc(CCNS(=O)(=O)Cc3ccccc3)o2)cc1. The summed E-state index contributed by atoms with van der Waals surface area (Å²) in [6, 6.07) is 16.8. The van der Waals surface area contributed by atoms with Crippen molar-refractivity contribution in [2.45, 2.75) is 19.1 Å². The Bertz CT molecular complexity index is 920. The zero-order chi connectivity index (χ0) is 17.7. The molecule has 6 nitrogen and oxygen atoms in total. The topological polar surface area (TPSA) is 85.1 Å². The molecule has 1 aromatic heterocycles. The number of benzene rings is 2. The Labute approximate surface area is 147 Å². The molecule has 0 radical (unpaired) electrons. The highest BCUT2D eigenvalue weighted by molar-refractivity contribution is 7.88. The van der Waals surface area contributed by atoms with Gasteiger partial charge in [0.15, 0.2) is 0 Å². The Balaban J connectivity index is 1.55. The van der Waals surface area contributed by atoms with Crippen molar-refractivity contribution in [1.29, 1.82) is 0 Å². The average Bonchev–Trinajstić information content (AvgIpc) is 3.04. The maximum absolute atomic E-state index is 12.1. The molecule has 3 rings (SSSR count). The van der Waals surface area contributed by atoms with E-state index in [9.17, 15) is 8.42 Å². The van der Waals surface area contributed by atoms with Crippen molar-refractivity contribution in [3.05, 3.63) is 71.6 Å². The van der Waals surface area contributed by atoms with Crippen LogP contribution in [0.25, 0.3) is 11.5 Å². The molecule has 3 aromatic rings. The maximum Gasteiger partial charge on any atom is 0.247 e. The molecule has 130 valence electrons. The molecule has 0 aliphatic carbocycles. The fourth-order valence-corrected chi connectivity index (χ4v) is 3.47. The first-order chi connectivity index (χ1) is 12.0. The van der Waals surface area contributed by atoms with Gasteiger partial charge in [0.25, 0.3) is 0 Å². The van der Waals surface area contributed by atoms with E-state index in [0.29, 0.717) is 18.2 Å². The molecule has 0 unspecified atom stereocenters. The van der Waals surface area contributed by atoms with Crippen LogP contribution in [0, 0.1) is 6.92 Å². The van der Waals surface area contributed by atoms with Crippen LogP contribution in [-0.2, 0) is 22.2 Å². The third-order valence-corrected chi connectivity index (χ3v) is 4.98. The second-order valence-corrected chi connectivity index (χ2v) is 7.56. The molecule has 7 heteroatoms. The van der Waals surface area contributed by atoms with Crippen molar-refractivity contribution in [3.63, 3.8) is 0 Å². The maximum atomic E-state index is 12.1. The fourth-order valence-electron chi connectivity index (χ4n) is 2.33. The van der Waals surface area contributed by atoms with Gasteiger partial charge in [-0.15, -0.1) is 10.2 Å². The van der Waals surface area contributed by atoms with Crippen molar-refractivity contribution in [2.75, 3.05) is 6.54 Å². The summed E-state index contributed by atoms with van der Waals surface area (Å²) in [6.45, 7) is 2.22. The molecule has 0 fully saturated rings. The smallest absolute Gasteiger partial charge is 0.247 e. The van der Waals surface area contributed by atoms with E-state index in [0.717, 1.165) is 16.7 Å². The van der Waals surface area contributed by atoms with Gasteiger partial charge in [-0.1, -0.05) is 48.0 Å². The highest BCUT2D eigenvalue weighted by Crippen LogP contribution is 2.18. The minimum Gasteiger partial charge on any atom is -0.421 e. The minimum absolute atomic E-state index is 0.0493. The van der Waals surface area contributed by atoms with Crippen molar-refractivity contribution in [3.8, 4) is 11.5 Å². The first-order valence-corrected chi connectivity index (χ1v) is 9.58. The van der Waals surface area contributed by atoms with Crippen LogP contribution >= 0.6 is 0 Å². The third-order valence-electron chi connectivity index (χ3n) is 3.63. The molecule has 0 amide bonds. The summed E-state index contributed by atoms with van der Waals surface area (Å²) >= 11 is 0. The van der Waals surface area contributed by atoms with E-state index in [1.165, 1.54) is 0 Å². The van der Waals surface area contributed by atoms with Crippen LogP contribution in [0.2, 0.25) is 0 Å². The fraction of sp³-hybridized carbons (Fsp3) is 0.222. The lowest BCUT2D eigenvalue weighted by atomic mass is 10.1. The quantitative estimate of drug-likeness (QED) is 0.703. The van der Waals surface area contributed by atoms with E-state index in [4.69, 9.17) is 4.42 Å². The van der Waals surface area contributed by atoms with Gasteiger partial charge >= 0.3 is 0 Å². The van der Waals surface area contributed by atoms with Gasteiger partial charge in [-0.25, -0.2) is 13.1 Å². The van der Waals surface area contributed by atoms with E-state index in [1.54, 1.807) is 12.1 Å². The highest BCUT2D eigenvalue weighted by Gasteiger charge is 2.13. The van der Waals surface area contributed by atoms with Crippen molar-refractivity contribution >= 4 is 10.0 Å². The standard InChI is InChI=1S/C18H19N3O3S/c1-14-7-9-16(10-8-14)18-21-20-17(24-18)11-12-19-25(22,23)13-15-5-3-2-4-6-15/h2-10,19H,11-13H2,1H3. The number of nitrogens with one attached hydrogen (secondary N) is 1. The molecule has 0 saturated heterocycles. The highest BCUT2D eigenvalue weighted by atomic mass is 32.2. The first-order valence-electron chi connectivity index (χ1n) is 7.92. The molecule has 2 aromatic carbocycles. The first kappa shape index (κ1) is 17.3. The Hall–Kier alpha value is -2.51. The van der Waals surface area contributed by atoms with Crippen LogP contribution in [0.5, 0.6) is 0 Å². The van der Waals surface area contributed by atoms with Gasteiger partial charge < -0.3 is 4.42 Å². The largest absolute Gasteiger partial charge is 0.421 e. The van der Waals surface area contributed by atoms with Gasteiger partial charge in [-0.2, -0.15) is 0 Å². The van der Waals surface area contributed by atoms with E-state index < -0.39 is 10.0 Å². The van der Waals surface area contributed by atoms with Gasteiger partial charge in [0.1, 0.15) is 0 Å². The second kappa shape index (κ2) is 7.58. The molecule has 0 aliphatic heterocycles. The predicted octanol–water partition coefficient (Wildman–Crippen LogP) is 2.71. The van der Waals surface area contributed by atoms with Gasteiger partial charge in [0.2, 0.25) is 21.8 Å². The number of hydrogen-bond donors (Lipinski definition) is 1. The summed E-state index contributed by atoms with van der Waals surface area (Å²) in [7, 11) is -3.39. The lowest BCUT2D eigenvalue weighted by Gasteiger charge is -2.05. The predicted molar refractivity (Wildman–Crippen MR) is 95.2 cm³/mol. The van der Waals surface area contributed by atoms with Crippen molar-refractivity contribution in [1.82, 2.24) is 14.9 Å². The Morgan fingerprint density at radius 3 is 2.44 bits per heavy atom. The summed E-state index contributed by atoms with van der Waals surface area (Å²) < 4.78 is 32.3. The van der Waals surface area contributed by atoms with Gasteiger partial charge in [0.05, 0.1) is 5.75 Å². The van der Waals surface area contributed by atoms with Crippen LogP contribution in [0.4, 0.5) is 0 Å². The number of nitrogens with zero attached hydrogens (tertiary/aromatic N) is 2. The Morgan fingerprint density at radius 2 is 1.72 bits per heavy atom. The lowest BCUT2D eigenvalue weighted by Crippen LogP contribution is -2.27. The zero-order valence-electron chi connectivity index (χ0n) is 13.8.